The number of carbonyl (C=O) groups excluding carboxylic acids is 1. The first-order chi connectivity index (χ1) is 11.1. The maximum absolute atomic E-state index is 12.2. The van der Waals surface area contributed by atoms with Crippen LogP contribution in [0.25, 0.3) is 32.3 Å². The molecule has 4 aromatic rings. The molecule has 0 N–H and O–H groups in total. The molecule has 0 spiro atoms. The Balaban J connectivity index is 2.02. The van der Waals surface area contributed by atoms with Gasteiger partial charge < -0.3 is 4.90 Å². The van der Waals surface area contributed by atoms with Crippen LogP contribution in [0.15, 0.2) is 54.6 Å². The Morgan fingerprint density at radius 1 is 0.739 bits per heavy atom. The number of hydrogen-bond donors (Lipinski definition) is 0. The lowest BCUT2D eigenvalue weighted by Gasteiger charge is -2.23. The van der Waals surface area contributed by atoms with Crippen molar-refractivity contribution in [1.29, 1.82) is 0 Å². The van der Waals surface area contributed by atoms with Crippen molar-refractivity contribution in [3.63, 3.8) is 0 Å². The lowest BCUT2D eigenvalue weighted by Crippen LogP contribution is -2.36. The number of urea groups is 1. The number of anilines is 1. The maximum Gasteiger partial charge on any atom is 0.323 e. The molecular weight excluding hydrogens is 284 g/mol. The van der Waals surface area contributed by atoms with Gasteiger partial charge in [0.15, 0.2) is 0 Å². The van der Waals surface area contributed by atoms with Crippen LogP contribution in [-0.2, 0) is 0 Å². The summed E-state index contributed by atoms with van der Waals surface area (Å²) in [4.78, 5) is 15.5. The zero-order valence-electron chi connectivity index (χ0n) is 13.5. The SMILES string of the molecule is CN(C)C(=O)N(C)c1cc2ccc3cccc4ccc(c1)c2c34. The summed E-state index contributed by atoms with van der Waals surface area (Å²) in [5.41, 5.74) is 0.912. The van der Waals surface area contributed by atoms with Gasteiger partial charge in [0, 0.05) is 26.8 Å². The molecule has 2 amide bonds. The maximum atomic E-state index is 12.2. The topological polar surface area (TPSA) is 23.6 Å². The van der Waals surface area contributed by atoms with E-state index in [1.165, 1.54) is 32.3 Å². The summed E-state index contributed by atoms with van der Waals surface area (Å²) in [6.45, 7) is 0. The number of carbonyl (C=O) groups is 1. The highest BCUT2D eigenvalue weighted by molar-refractivity contribution is 6.23. The Morgan fingerprint density at radius 2 is 1.22 bits per heavy atom. The van der Waals surface area contributed by atoms with Gasteiger partial charge in [0.25, 0.3) is 0 Å². The van der Waals surface area contributed by atoms with E-state index in [-0.39, 0.29) is 6.03 Å². The fourth-order valence-corrected chi connectivity index (χ4v) is 3.34. The molecule has 0 bridgehead atoms. The molecule has 114 valence electrons. The third kappa shape index (κ3) is 2.00. The second-order valence-electron chi connectivity index (χ2n) is 6.21. The van der Waals surface area contributed by atoms with Crippen LogP contribution in [0.2, 0.25) is 0 Å². The number of amides is 2. The molecule has 0 atom stereocenters. The van der Waals surface area contributed by atoms with Gasteiger partial charge in [-0.25, -0.2) is 4.79 Å². The van der Waals surface area contributed by atoms with Crippen molar-refractivity contribution in [3.05, 3.63) is 54.6 Å². The van der Waals surface area contributed by atoms with Crippen molar-refractivity contribution < 1.29 is 4.79 Å². The van der Waals surface area contributed by atoms with Crippen molar-refractivity contribution in [2.24, 2.45) is 0 Å². The molecule has 0 aliphatic rings. The van der Waals surface area contributed by atoms with Gasteiger partial charge in [-0.3, -0.25) is 4.90 Å². The van der Waals surface area contributed by atoms with Gasteiger partial charge in [-0.2, -0.15) is 0 Å². The van der Waals surface area contributed by atoms with Crippen molar-refractivity contribution in [2.45, 2.75) is 0 Å². The number of nitrogens with zero attached hydrogens (tertiary/aromatic N) is 2. The lowest BCUT2D eigenvalue weighted by atomic mass is 9.94. The lowest BCUT2D eigenvalue weighted by molar-refractivity contribution is 0.225. The molecule has 4 rings (SSSR count). The minimum Gasteiger partial charge on any atom is -0.330 e. The van der Waals surface area contributed by atoms with Crippen molar-refractivity contribution in [2.75, 3.05) is 26.0 Å². The molecule has 0 saturated heterocycles. The van der Waals surface area contributed by atoms with Crippen LogP contribution in [0.3, 0.4) is 0 Å². The smallest absolute Gasteiger partial charge is 0.323 e. The fourth-order valence-electron chi connectivity index (χ4n) is 3.34. The molecule has 3 heteroatoms. The van der Waals surface area contributed by atoms with E-state index >= 15 is 0 Å². The summed E-state index contributed by atoms with van der Waals surface area (Å²) in [5.74, 6) is 0. The normalized spacial score (nSPS) is 11.4. The predicted molar refractivity (Wildman–Crippen MR) is 97.6 cm³/mol. The minimum atomic E-state index is -0.0298. The van der Waals surface area contributed by atoms with E-state index < -0.39 is 0 Å². The van der Waals surface area contributed by atoms with Crippen LogP contribution in [0, 0.1) is 0 Å². The van der Waals surface area contributed by atoms with Gasteiger partial charge in [0.2, 0.25) is 0 Å². The monoisotopic (exact) mass is 302 g/mol. The van der Waals surface area contributed by atoms with E-state index in [2.05, 4.69) is 54.6 Å². The Bertz CT molecular complexity index is 972. The molecule has 0 aliphatic carbocycles. The predicted octanol–water partition coefficient (Wildman–Crippen LogP) is 4.70. The summed E-state index contributed by atoms with van der Waals surface area (Å²) in [6, 6.07) is 19.1. The third-order valence-electron chi connectivity index (χ3n) is 4.50. The van der Waals surface area contributed by atoms with Crippen molar-refractivity contribution in [3.8, 4) is 0 Å². The van der Waals surface area contributed by atoms with Gasteiger partial charge in [0.1, 0.15) is 0 Å². The van der Waals surface area contributed by atoms with Crippen LogP contribution in [0.1, 0.15) is 0 Å². The molecule has 0 heterocycles. The highest BCUT2D eigenvalue weighted by Crippen LogP contribution is 2.36. The molecule has 0 fully saturated rings. The highest BCUT2D eigenvalue weighted by atomic mass is 16.2. The van der Waals surface area contributed by atoms with E-state index in [1.807, 2.05) is 7.05 Å². The first kappa shape index (κ1) is 13.8. The quantitative estimate of drug-likeness (QED) is 0.467. The minimum absolute atomic E-state index is 0.0298. The van der Waals surface area contributed by atoms with Gasteiger partial charge in [-0.1, -0.05) is 42.5 Å². The zero-order chi connectivity index (χ0) is 16.1. The molecule has 4 aromatic carbocycles. The molecule has 23 heavy (non-hydrogen) atoms. The van der Waals surface area contributed by atoms with Crippen LogP contribution in [-0.4, -0.2) is 32.1 Å². The molecule has 0 radical (unpaired) electrons. The Kier molecular flexibility index (Phi) is 2.91. The zero-order valence-corrected chi connectivity index (χ0v) is 13.5. The molecular formula is C20H18N2O. The Hall–Kier alpha value is -2.81. The van der Waals surface area contributed by atoms with Gasteiger partial charge in [-0.15, -0.1) is 0 Å². The van der Waals surface area contributed by atoms with Crippen LogP contribution < -0.4 is 4.90 Å². The highest BCUT2D eigenvalue weighted by Gasteiger charge is 2.15. The second-order valence-corrected chi connectivity index (χ2v) is 6.21. The summed E-state index contributed by atoms with van der Waals surface area (Å²) < 4.78 is 0. The average Bonchev–Trinajstić information content (AvgIpc) is 2.58. The standard InChI is InChI=1S/C20H18N2O/c1-21(2)20(23)22(3)17-11-15-9-7-13-5-4-6-14-8-10-16(12-17)19(15)18(13)14/h4-12H,1-3H3. The summed E-state index contributed by atoms with van der Waals surface area (Å²) in [7, 11) is 5.35. The number of hydrogen-bond acceptors (Lipinski definition) is 1. The van der Waals surface area contributed by atoms with Crippen LogP contribution in [0.5, 0.6) is 0 Å². The van der Waals surface area contributed by atoms with Gasteiger partial charge >= 0.3 is 6.03 Å². The molecule has 0 saturated carbocycles. The van der Waals surface area contributed by atoms with Crippen LogP contribution >= 0.6 is 0 Å². The van der Waals surface area contributed by atoms with E-state index in [9.17, 15) is 4.79 Å². The van der Waals surface area contributed by atoms with E-state index in [0.717, 1.165) is 5.69 Å². The largest absolute Gasteiger partial charge is 0.330 e. The Morgan fingerprint density at radius 3 is 1.74 bits per heavy atom. The second kappa shape index (κ2) is 4.85. The number of benzene rings is 4. The fraction of sp³-hybridized carbons (Fsp3) is 0.150. The summed E-state index contributed by atoms with van der Waals surface area (Å²) in [6.07, 6.45) is 0. The third-order valence-corrected chi connectivity index (χ3v) is 4.50. The molecule has 3 nitrogen and oxygen atoms in total. The first-order valence-electron chi connectivity index (χ1n) is 7.69. The Labute approximate surface area is 135 Å². The first-order valence-corrected chi connectivity index (χ1v) is 7.69. The van der Waals surface area contributed by atoms with Gasteiger partial charge in [-0.05, 0) is 44.5 Å². The molecule has 0 aromatic heterocycles. The molecule has 0 aliphatic heterocycles. The van der Waals surface area contributed by atoms with Crippen molar-refractivity contribution >= 4 is 44.0 Å². The van der Waals surface area contributed by atoms with E-state index in [1.54, 1.807) is 23.9 Å². The summed E-state index contributed by atoms with van der Waals surface area (Å²) >= 11 is 0. The molecule has 0 unspecified atom stereocenters. The van der Waals surface area contributed by atoms with Crippen LogP contribution in [0.4, 0.5) is 10.5 Å². The van der Waals surface area contributed by atoms with Crippen molar-refractivity contribution in [1.82, 2.24) is 4.90 Å². The van der Waals surface area contributed by atoms with E-state index in [0.29, 0.717) is 0 Å². The number of rotatable bonds is 1. The van der Waals surface area contributed by atoms with E-state index in [4.69, 9.17) is 0 Å². The average molecular weight is 302 g/mol. The van der Waals surface area contributed by atoms with Gasteiger partial charge in [0.05, 0.1) is 0 Å². The summed E-state index contributed by atoms with van der Waals surface area (Å²) in [5, 5.41) is 7.42.